The summed E-state index contributed by atoms with van der Waals surface area (Å²) in [6, 6.07) is -0.209. The van der Waals surface area contributed by atoms with Gasteiger partial charge >= 0.3 is 6.03 Å². The molecule has 2 amide bonds. The maximum atomic E-state index is 11.9. The summed E-state index contributed by atoms with van der Waals surface area (Å²) in [5.41, 5.74) is -0.483. The van der Waals surface area contributed by atoms with Crippen LogP contribution in [-0.2, 0) is 4.74 Å². The first-order valence-corrected chi connectivity index (χ1v) is 8.33. The fraction of sp³-hybridized carbons (Fsp3) is 0.938. The van der Waals surface area contributed by atoms with Crippen molar-refractivity contribution < 1.29 is 14.6 Å². The Morgan fingerprint density at radius 1 is 1.29 bits per heavy atom. The molecule has 0 saturated heterocycles. The summed E-state index contributed by atoms with van der Waals surface area (Å²) >= 11 is 0. The molecule has 2 saturated carbocycles. The number of rotatable bonds is 7. The molecule has 2 aliphatic carbocycles. The van der Waals surface area contributed by atoms with Crippen LogP contribution in [0.2, 0.25) is 0 Å². The zero-order chi connectivity index (χ0) is 15.3. The van der Waals surface area contributed by atoms with Crippen molar-refractivity contribution in [2.75, 3.05) is 19.8 Å². The molecular formula is C16H30N2O3. The summed E-state index contributed by atoms with van der Waals surface area (Å²) in [6.45, 7) is 5.21. The molecule has 0 aromatic heterocycles. The highest BCUT2D eigenvalue weighted by Gasteiger charge is 2.42. The summed E-state index contributed by atoms with van der Waals surface area (Å²) in [5.74, 6) is 1.03. The average molecular weight is 298 g/mol. The van der Waals surface area contributed by atoms with Crippen LogP contribution in [0, 0.1) is 11.8 Å². The molecule has 0 radical (unpaired) electrons. The van der Waals surface area contributed by atoms with Crippen LogP contribution >= 0.6 is 0 Å². The highest BCUT2D eigenvalue weighted by atomic mass is 16.5. The van der Waals surface area contributed by atoms with Crippen molar-refractivity contribution in [3.8, 4) is 0 Å². The van der Waals surface area contributed by atoms with Gasteiger partial charge in [0.15, 0.2) is 0 Å². The van der Waals surface area contributed by atoms with E-state index >= 15 is 0 Å². The molecule has 0 unspecified atom stereocenters. The predicted molar refractivity (Wildman–Crippen MR) is 82.1 cm³/mol. The molecule has 0 spiro atoms. The Kier molecular flexibility index (Phi) is 5.88. The van der Waals surface area contributed by atoms with Gasteiger partial charge in [0.2, 0.25) is 0 Å². The number of nitrogens with one attached hydrogen (secondary N) is 2. The Labute approximate surface area is 127 Å². The third kappa shape index (κ3) is 4.85. The van der Waals surface area contributed by atoms with Gasteiger partial charge in [-0.2, -0.15) is 0 Å². The minimum atomic E-state index is -0.483. The SMILES string of the molecule is C[C@@H]1CCCC[C@H]1OCCNC(=O)N[C@@](C)(CO)C1CC1. The van der Waals surface area contributed by atoms with Crippen molar-refractivity contribution in [2.24, 2.45) is 11.8 Å². The highest BCUT2D eigenvalue weighted by molar-refractivity contribution is 5.74. The lowest BCUT2D eigenvalue weighted by Gasteiger charge is -2.30. The largest absolute Gasteiger partial charge is 0.394 e. The molecule has 0 aromatic carbocycles. The van der Waals surface area contributed by atoms with Crippen LogP contribution in [0.1, 0.15) is 52.4 Å². The molecular weight excluding hydrogens is 268 g/mol. The topological polar surface area (TPSA) is 70.6 Å². The fourth-order valence-corrected chi connectivity index (χ4v) is 3.20. The van der Waals surface area contributed by atoms with Crippen molar-refractivity contribution in [3.63, 3.8) is 0 Å². The van der Waals surface area contributed by atoms with Gasteiger partial charge in [0.05, 0.1) is 24.9 Å². The normalized spacial score (nSPS) is 28.7. The van der Waals surface area contributed by atoms with Crippen LogP contribution in [0.3, 0.4) is 0 Å². The number of carbonyl (C=O) groups excluding carboxylic acids is 1. The number of ether oxygens (including phenoxy) is 1. The molecule has 5 nitrogen and oxygen atoms in total. The second-order valence-corrected chi connectivity index (χ2v) is 6.90. The van der Waals surface area contributed by atoms with Gasteiger partial charge in [0, 0.05) is 6.54 Å². The lowest BCUT2D eigenvalue weighted by Crippen LogP contribution is -2.54. The van der Waals surface area contributed by atoms with Crippen LogP contribution in [0.25, 0.3) is 0 Å². The smallest absolute Gasteiger partial charge is 0.315 e. The summed E-state index contributed by atoms with van der Waals surface area (Å²) in [4.78, 5) is 11.9. The minimum Gasteiger partial charge on any atom is -0.394 e. The number of aliphatic hydroxyl groups excluding tert-OH is 1. The Balaban J connectivity index is 1.60. The first-order chi connectivity index (χ1) is 10.0. The van der Waals surface area contributed by atoms with Gasteiger partial charge in [-0.25, -0.2) is 4.79 Å². The summed E-state index contributed by atoms with van der Waals surface area (Å²) in [5, 5.41) is 15.2. The molecule has 2 fully saturated rings. The van der Waals surface area contributed by atoms with E-state index in [4.69, 9.17) is 4.74 Å². The second kappa shape index (κ2) is 7.45. The van der Waals surface area contributed by atoms with Crippen LogP contribution in [0.15, 0.2) is 0 Å². The third-order valence-electron chi connectivity index (χ3n) is 4.96. The van der Waals surface area contributed by atoms with Crippen LogP contribution in [0.5, 0.6) is 0 Å². The molecule has 0 heterocycles. The lowest BCUT2D eigenvalue weighted by molar-refractivity contribution is -0.00253. The van der Waals surface area contributed by atoms with Gasteiger partial charge in [-0.3, -0.25) is 0 Å². The molecule has 3 atom stereocenters. The van der Waals surface area contributed by atoms with E-state index in [9.17, 15) is 9.90 Å². The predicted octanol–water partition coefficient (Wildman–Crippen LogP) is 2.04. The Bertz CT molecular complexity index is 346. The maximum Gasteiger partial charge on any atom is 0.315 e. The van der Waals surface area contributed by atoms with Crippen molar-refractivity contribution in [3.05, 3.63) is 0 Å². The fourth-order valence-electron chi connectivity index (χ4n) is 3.20. The number of hydrogen-bond acceptors (Lipinski definition) is 3. The van der Waals surface area contributed by atoms with E-state index in [0.29, 0.717) is 31.1 Å². The number of hydrogen-bond donors (Lipinski definition) is 3. The van der Waals surface area contributed by atoms with E-state index in [0.717, 1.165) is 19.3 Å². The summed E-state index contributed by atoms with van der Waals surface area (Å²) < 4.78 is 5.87. The molecule has 122 valence electrons. The standard InChI is InChI=1S/C16H30N2O3/c1-12-5-3-4-6-14(12)21-10-9-17-15(20)18-16(2,11-19)13-7-8-13/h12-14,19H,3-11H2,1-2H3,(H2,17,18,20)/t12-,14-,16+/m1/s1. The summed E-state index contributed by atoms with van der Waals surface area (Å²) in [6.07, 6.45) is 7.45. The first kappa shape index (κ1) is 16.6. The van der Waals surface area contributed by atoms with Gasteiger partial charge in [0.1, 0.15) is 0 Å². The molecule has 5 heteroatoms. The first-order valence-electron chi connectivity index (χ1n) is 8.33. The number of urea groups is 1. The Hall–Kier alpha value is -0.810. The van der Waals surface area contributed by atoms with E-state index < -0.39 is 5.54 Å². The molecule has 3 N–H and O–H groups in total. The average Bonchev–Trinajstić information content (AvgIpc) is 3.30. The van der Waals surface area contributed by atoms with Crippen molar-refractivity contribution in [1.82, 2.24) is 10.6 Å². The molecule has 2 aliphatic rings. The quantitative estimate of drug-likeness (QED) is 0.630. The van der Waals surface area contributed by atoms with E-state index in [-0.39, 0.29) is 12.6 Å². The minimum absolute atomic E-state index is 0.0127. The van der Waals surface area contributed by atoms with Crippen LogP contribution in [0.4, 0.5) is 4.79 Å². The van der Waals surface area contributed by atoms with Gasteiger partial charge in [0.25, 0.3) is 0 Å². The molecule has 21 heavy (non-hydrogen) atoms. The van der Waals surface area contributed by atoms with Gasteiger partial charge < -0.3 is 20.5 Å². The van der Waals surface area contributed by atoms with Crippen molar-refractivity contribution in [1.29, 1.82) is 0 Å². The third-order valence-corrected chi connectivity index (χ3v) is 4.96. The van der Waals surface area contributed by atoms with Crippen LogP contribution < -0.4 is 10.6 Å². The van der Waals surface area contributed by atoms with Crippen LogP contribution in [-0.4, -0.2) is 42.5 Å². The van der Waals surface area contributed by atoms with E-state index in [2.05, 4.69) is 17.6 Å². The Morgan fingerprint density at radius 2 is 2.00 bits per heavy atom. The lowest BCUT2D eigenvalue weighted by atomic mass is 9.88. The van der Waals surface area contributed by atoms with E-state index in [1.54, 1.807) is 0 Å². The molecule has 0 aliphatic heterocycles. The number of carbonyl (C=O) groups is 1. The van der Waals surface area contributed by atoms with Gasteiger partial charge in [-0.05, 0) is 44.4 Å². The monoisotopic (exact) mass is 298 g/mol. The van der Waals surface area contributed by atoms with E-state index in [1.165, 1.54) is 19.3 Å². The zero-order valence-corrected chi connectivity index (χ0v) is 13.4. The summed E-state index contributed by atoms with van der Waals surface area (Å²) in [7, 11) is 0. The van der Waals surface area contributed by atoms with Gasteiger partial charge in [-0.1, -0.05) is 19.8 Å². The molecule has 0 bridgehead atoms. The van der Waals surface area contributed by atoms with Crippen molar-refractivity contribution >= 4 is 6.03 Å². The van der Waals surface area contributed by atoms with Crippen molar-refractivity contribution in [2.45, 2.75) is 64.0 Å². The maximum absolute atomic E-state index is 11.9. The number of aliphatic hydroxyl groups is 1. The Morgan fingerprint density at radius 3 is 2.62 bits per heavy atom. The zero-order valence-electron chi connectivity index (χ0n) is 13.4. The second-order valence-electron chi connectivity index (χ2n) is 6.90. The molecule has 0 aromatic rings. The van der Waals surface area contributed by atoms with E-state index in [1.807, 2.05) is 6.92 Å². The van der Waals surface area contributed by atoms with Gasteiger partial charge in [-0.15, -0.1) is 0 Å². The highest BCUT2D eigenvalue weighted by Crippen LogP contribution is 2.39. The molecule has 2 rings (SSSR count). The number of amides is 2.